The first-order valence-corrected chi connectivity index (χ1v) is 8.18. The molecule has 0 bridgehead atoms. The van der Waals surface area contributed by atoms with Gasteiger partial charge in [-0.15, -0.1) is 11.3 Å². The Labute approximate surface area is 139 Å². The Bertz CT molecular complexity index is 730. The van der Waals surface area contributed by atoms with Crippen LogP contribution < -0.4 is 10.9 Å². The SMILES string of the molecule is CCc1sc(C(=O)NNC(=O)c2ccc(Br)cc2F)cc1C. The van der Waals surface area contributed by atoms with Crippen LogP contribution in [0.15, 0.2) is 28.7 Å². The van der Waals surface area contributed by atoms with Crippen LogP contribution in [0.3, 0.4) is 0 Å². The first-order valence-electron chi connectivity index (χ1n) is 6.57. The molecule has 22 heavy (non-hydrogen) atoms. The Morgan fingerprint density at radius 2 is 1.91 bits per heavy atom. The van der Waals surface area contributed by atoms with Crippen LogP contribution in [0.4, 0.5) is 4.39 Å². The highest BCUT2D eigenvalue weighted by molar-refractivity contribution is 9.10. The topological polar surface area (TPSA) is 58.2 Å². The maximum Gasteiger partial charge on any atom is 0.279 e. The molecule has 2 N–H and O–H groups in total. The number of halogens is 2. The van der Waals surface area contributed by atoms with E-state index in [1.807, 2.05) is 13.8 Å². The minimum Gasteiger partial charge on any atom is -0.267 e. The van der Waals surface area contributed by atoms with E-state index >= 15 is 0 Å². The fraction of sp³-hybridized carbons (Fsp3) is 0.200. The summed E-state index contributed by atoms with van der Waals surface area (Å²) < 4.78 is 14.2. The zero-order valence-electron chi connectivity index (χ0n) is 12.0. The summed E-state index contributed by atoms with van der Waals surface area (Å²) in [5.74, 6) is -1.79. The average Bonchev–Trinajstić information content (AvgIpc) is 2.85. The Morgan fingerprint density at radius 1 is 1.23 bits per heavy atom. The molecule has 1 heterocycles. The molecule has 2 amide bonds. The van der Waals surface area contributed by atoms with E-state index in [4.69, 9.17) is 0 Å². The van der Waals surface area contributed by atoms with Crippen molar-refractivity contribution in [2.45, 2.75) is 20.3 Å². The van der Waals surface area contributed by atoms with Gasteiger partial charge in [-0.3, -0.25) is 20.4 Å². The summed E-state index contributed by atoms with van der Waals surface area (Å²) in [4.78, 5) is 25.5. The maximum absolute atomic E-state index is 13.6. The van der Waals surface area contributed by atoms with Crippen molar-refractivity contribution in [3.8, 4) is 0 Å². The lowest BCUT2D eigenvalue weighted by atomic mass is 10.2. The molecule has 2 aromatic rings. The van der Waals surface area contributed by atoms with E-state index in [2.05, 4.69) is 26.8 Å². The zero-order valence-corrected chi connectivity index (χ0v) is 14.4. The largest absolute Gasteiger partial charge is 0.279 e. The zero-order chi connectivity index (χ0) is 16.3. The quantitative estimate of drug-likeness (QED) is 0.794. The van der Waals surface area contributed by atoms with Crippen molar-refractivity contribution in [3.05, 3.63) is 55.4 Å². The van der Waals surface area contributed by atoms with Gasteiger partial charge < -0.3 is 0 Å². The van der Waals surface area contributed by atoms with Crippen molar-refractivity contribution >= 4 is 39.1 Å². The van der Waals surface area contributed by atoms with Crippen molar-refractivity contribution < 1.29 is 14.0 Å². The molecule has 0 aliphatic carbocycles. The Kier molecular flexibility index (Phi) is 5.31. The number of nitrogens with one attached hydrogen (secondary N) is 2. The maximum atomic E-state index is 13.6. The number of hydrogen-bond donors (Lipinski definition) is 2. The number of carbonyl (C=O) groups is 2. The van der Waals surface area contributed by atoms with Gasteiger partial charge in [0.25, 0.3) is 11.8 Å². The number of hydrazine groups is 1. The summed E-state index contributed by atoms with van der Waals surface area (Å²) in [6, 6.07) is 5.85. The molecule has 7 heteroatoms. The minimum atomic E-state index is -0.706. The fourth-order valence-electron chi connectivity index (χ4n) is 1.90. The van der Waals surface area contributed by atoms with E-state index in [1.165, 1.54) is 23.5 Å². The average molecular weight is 385 g/mol. The van der Waals surface area contributed by atoms with Crippen molar-refractivity contribution in [2.24, 2.45) is 0 Å². The van der Waals surface area contributed by atoms with Crippen LogP contribution in [0.2, 0.25) is 0 Å². The first kappa shape index (κ1) is 16.6. The molecular weight excluding hydrogens is 371 g/mol. The highest BCUT2D eigenvalue weighted by atomic mass is 79.9. The minimum absolute atomic E-state index is 0.139. The number of rotatable bonds is 3. The van der Waals surface area contributed by atoms with Gasteiger partial charge in [0.15, 0.2) is 0 Å². The van der Waals surface area contributed by atoms with Crippen LogP contribution in [-0.2, 0) is 6.42 Å². The molecular formula is C15H14BrFN2O2S. The third kappa shape index (κ3) is 3.72. The van der Waals surface area contributed by atoms with Gasteiger partial charge in [-0.1, -0.05) is 22.9 Å². The lowest BCUT2D eigenvalue weighted by Gasteiger charge is -2.07. The first-order chi connectivity index (χ1) is 10.4. The van der Waals surface area contributed by atoms with E-state index in [0.717, 1.165) is 16.9 Å². The molecule has 0 fully saturated rings. The van der Waals surface area contributed by atoms with E-state index in [9.17, 15) is 14.0 Å². The fourth-order valence-corrected chi connectivity index (χ4v) is 3.24. The van der Waals surface area contributed by atoms with Crippen LogP contribution in [-0.4, -0.2) is 11.8 Å². The van der Waals surface area contributed by atoms with Gasteiger partial charge in [0, 0.05) is 9.35 Å². The second kappa shape index (κ2) is 7.02. The predicted octanol–water partition coefficient (Wildman–Crippen LogP) is 3.60. The summed E-state index contributed by atoms with van der Waals surface area (Å²) in [5, 5.41) is 0. The molecule has 0 saturated heterocycles. The van der Waals surface area contributed by atoms with Gasteiger partial charge >= 0.3 is 0 Å². The third-order valence-corrected chi connectivity index (χ3v) is 4.90. The predicted molar refractivity (Wildman–Crippen MR) is 87.5 cm³/mol. The molecule has 4 nitrogen and oxygen atoms in total. The van der Waals surface area contributed by atoms with Crippen LogP contribution in [0.5, 0.6) is 0 Å². The molecule has 0 spiro atoms. The number of carbonyl (C=O) groups excluding carboxylic acids is 2. The molecule has 0 atom stereocenters. The number of hydrogen-bond acceptors (Lipinski definition) is 3. The van der Waals surface area contributed by atoms with E-state index in [-0.39, 0.29) is 5.56 Å². The van der Waals surface area contributed by atoms with E-state index in [0.29, 0.717) is 9.35 Å². The number of benzene rings is 1. The molecule has 1 aromatic carbocycles. The number of aryl methyl sites for hydroxylation is 2. The van der Waals surface area contributed by atoms with Crippen LogP contribution in [0.1, 0.15) is 37.4 Å². The molecule has 1 aromatic heterocycles. The summed E-state index contributed by atoms with van der Waals surface area (Å²) in [7, 11) is 0. The van der Waals surface area contributed by atoms with Crippen molar-refractivity contribution in [2.75, 3.05) is 0 Å². The van der Waals surface area contributed by atoms with Crippen molar-refractivity contribution in [3.63, 3.8) is 0 Å². The second-order valence-electron chi connectivity index (χ2n) is 4.60. The van der Waals surface area contributed by atoms with Crippen molar-refractivity contribution in [1.82, 2.24) is 10.9 Å². The Morgan fingerprint density at radius 3 is 2.50 bits per heavy atom. The van der Waals surface area contributed by atoms with E-state index in [1.54, 1.807) is 12.1 Å². The van der Waals surface area contributed by atoms with Crippen LogP contribution in [0, 0.1) is 12.7 Å². The van der Waals surface area contributed by atoms with Crippen LogP contribution in [0.25, 0.3) is 0 Å². The van der Waals surface area contributed by atoms with Gasteiger partial charge in [-0.2, -0.15) is 0 Å². The number of thiophene rings is 1. The molecule has 0 unspecified atom stereocenters. The highest BCUT2D eigenvalue weighted by Gasteiger charge is 2.15. The number of amides is 2. The third-order valence-electron chi connectivity index (χ3n) is 3.03. The van der Waals surface area contributed by atoms with Gasteiger partial charge in [0.05, 0.1) is 10.4 Å². The van der Waals surface area contributed by atoms with Crippen molar-refractivity contribution in [1.29, 1.82) is 0 Å². The lowest BCUT2D eigenvalue weighted by molar-refractivity contribution is 0.0846. The van der Waals surface area contributed by atoms with Crippen LogP contribution >= 0.6 is 27.3 Å². The molecule has 0 aliphatic heterocycles. The molecule has 0 aliphatic rings. The van der Waals surface area contributed by atoms with E-state index < -0.39 is 17.6 Å². The Hall–Kier alpha value is -1.73. The summed E-state index contributed by atoms with van der Waals surface area (Å²) in [5.41, 5.74) is 5.42. The summed E-state index contributed by atoms with van der Waals surface area (Å²) in [6.45, 7) is 3.94. The van der Waals surface area contributed by atoms with Gasteiger partial charge in [0.1, 0.15) is 5.82 Å². The summed E-state index contributed by atoms with van der Waals surface area (Å²) >= 11 is 4.49. The standard InChI is InChI=1S/C15H14BrFN2O2S/c1-3-12-8(2)6-13(22-12)15(21)19-18-14(20)10-5-4-9(16)7-11(10)17/h4-7H,3H2,1-2H3,(H,18,20)(H,19,21). The normalized spacial score (nSPS) is 10.4. The summed E-state index contributed by atoms with van der Waals surface area (Å²) in [6.07, 6.45) is 0.847. The monoisotopic (exact) mass is 384 g/mol. The second-order valence-corrected chi connectivity index (χ2v) is 6.66. The molecule has 0 saturated carbocycles. The van der Waals surface area contributed by atoms with Gasteiger partial charge in [0.2, 0.25) is 0 Å². The molecule has 116 valence electrons. The molecule has 2 rings (SSSR count). The molecule has 0 radical (unpaired) electrons. The van der Waals surface area contributed by atoms with Gasteiger partial charge in [-0.05, 0) is 43.2 Å². The van der Waals surface area contributed by atoms with Gasteiger partial charge in [-0.25, -0.2) is 4.39 Å². The lowest BCUT2D eigenvalue weighted by Crippen LogP contribution is -2.41. The Balaban J connectivity index is 2.02. The smallest absolute Gasteiger partial charge is 0.267 e. The highest BCUT2D eigenvalue weighted by Crippen LogP contribution is 2.22.